The number of nitrogens with zero attached hydrogens (tertiary/aromatic N) is 3. The minimum Gasteiger partial charge on any atom is -0.493 e. The summed E-state index contributed by atoms with van der Waals surface area (Å²) < 4.78 is 12.5. The van der Waals surface area contributed by atoms with Crippen LogP contribution in [0.2, 0.25) is 0 Å². The maximum Gasteiger partial charge on any atom is 0.170 e. The molecular formula is C14H13N3O2. The van der Waals surface area contributed by atoms with Crippen LogP contribution in [0.4, 0.5) is 0 Å². The summed E-state index contributed by atoms with van der Waals surface area (Å²) in [5.41, 5.74) is 2.56. The number of aromatic nitrogens is 3. The van der Waals surface area contributed by atoms with Crippen LogP contribution in [0.15, 0.2) is 42.7 Å². The van der Waals surface area contributed by atoms with Gasteiger partial charge in [-0.25, -0.2) is 9.50 Å². The molecule has 0 bridgehead atoms. The molecule has 0 saturated carbocycles. The summed E-state index contributed by atoms with van der Waals surface area (Å²) in [5, 5.41) is 4.31. The van der Waals surface area contributed by atoms with Crippen molar-refractivity contribution in [3.63, 3.8) is 0 Å². The van der Waals surface area contributed by atoms with Crippen molar-refractivity contribution < 1.29 is 9.47 Å². The number of benzene rings is 1. The lowest BCUT2D eigenvalue weighted by Gasteiger charge is -2.11. The van der Waals surface area contributed by atoms with Crippen molar-refractivity contribution in [3.8, 4) is 22.8 Å². The first-order valence-electron chi connectivity index (χ1n) is 5.85. The molecule has 0 amide bonds. The highest BCUT2D eigenvalue weighted by molar-refractivity contribution is 5.72. The Kier molecular flexibility index (Phi) is 2.79. The van der Waals surface area contributed by atoms with Gasteiger partial charge in [0.25, 0.3) is 0 Å². The Morgan fingerprint density at radius 2 is 1.95 bits per heavy atom. The van der Waals surface area contributed by atoms with Crippen molar-refractivity contribution in [2.75, 3.05) is 14.2 Å². The van der Waals surface area contributed by atoms with Crippen LogP contribution in [0, 0.1) is 0 Å². The van der Waals surface area contributed by atoms with Crippen molar-refractivity contribution >= 4 is 5.65 Å². The van der Waals surface area contributed by atoms with Gasteiger partial charge in [-0.3, -0.25) is 0 Å². The molecule has 0 saturated heterocycles. The molecule has 5 nitrogen and oxygen atoms in total. The first-order chi connectivity index (χ1) is 9.35. The molecule has 0 aliphatic heterocycles. The Bertz CT molecular complexity index is 722. The van der Waals surface area contributed by atoms with Gasteiger partial charge in [0, 0.05) is 11.8 Å². The molecule has 3 aromatic rings. The second-order valence-electron chi connectivity index (χ2n) is 3.98. The van der Waals surface area contributed by atoms with Gasteiger partial charge in [0.15, 0.2) is 17.1 Å². The van der Waals surface area contributed by atoms with Crippen molar-refractivity contribution in [3.05, 3.63) is 42.7 Å². The zero-order chi connectivity index (χ0) is 13.2. The minimum absolute atomic E-state index is 0.678. The predicted molar refractivity (Wildman–Crippen MR) is 71.5 cm³/mol. The lowest BCUT2D eigenvalue weighted by molar-refractivity contribution is 0.356. The fourth-order valence-electron chi connectivity index (χ4n) is 2.10. The zero-order valence-electron chi connectivity index (χ0n) is 10.7. The van der Waals surface area contributed by atoms with E-state index >= 15 is 0 Å². The summed E-state index contributed by atoms with van der Waals surface area (Å²) in [4.78, 5) is 4.33. The van der Waals surface area contributed by atoms with Crippen LogP contribution in [0.3, 0.4) is 0 Å². The lowest BCUT2D eigenvalue weighted by Crippen LogP contribution is -1.97. The fourth-order valence-corrected chi connectivity index (χ4v) is 2.10. The Morgan fingerprint density at radius 1 is 1.05 bits per heavy atom. The van der Waals surface area contributed by atoms with Gasteiger partial charge in [-0.2, -0.15) is 5.10 Å². The van der Waals surface area contributed by atoms with Crippen molar-refractivity contribution in [1.29, 1.82) is 0 Å². The molecule has 0 N–H and O–H groups in total. The van der Waals surface area contributed by atoms with Crippen LogP contribution < -0.4 is 9.47 Å². The number of hydrogen-bond acceptors (Lipinski definition) is 4. The summed E-state index contributed by atoms with van der Waals surface area (Å²) >= 11 is 0. The van der Waals surface area contributed by atoms with Crippen LogP contribution in [-0.4, -0.2) is 28.8 Å². The average molecular weight is 255 g/mol. The second kappa shape index (κ2) is 4.61. The van der Waals surface area contributed by atoms with Gasteiger partial charge >= 0.3 is 0 Å². The molecule has 2 heterocycles. The molecule has 96 valence electrons. The third kappa shape index (κ3) is 1.79. The molecular weight excluding hydrogens is 242 g/mol. The summed E-state index contributed by atoms with van der Waals surface area (Å²) in [7, 11) is 3.24. The fraction of sp³-hybridized carbons (Fsp3) is 0.143. The molecule has 1 aromatic carbocycles. The first kappa shape index (κ1) is 11.5. The summed E-state index contributed by atoms with van der Waals surface area (Å²) in [6, 6.07) is 9.50. The molecule has 2 aromatic heterocycles. The van der Waals surface area contributed by atoms with E-state index < -0.39 is 0 Å². The van der Waals surface area contributed by atoms with E-state index in [2.05, 4.69) is 10.1 Å². The Hall–Kier alpha value is -2.56. The highest BCUT2D eigenvalue weighted by atomic mass is 16.5. The Balaban J connectivity index is 2.27. The normalized spacial score (nSPS) is 10.6. The summed E-state index contributed by atoms with van der Waals surface area (Å²) in [6.07, 6.45) is 3.50. The summed E-state index contributed by atoms with van der Waals surface area (Å²) in [6.45, 7) is 0. The van der Waals surface area contributed by atoms with E-state index in [1.54, 1.807) is 31.1 Å². The average Bonchev–Trinajstić information content (AvgIpc) is 2.90. The topological polar surface area (TPSA) is 48.7 Å². The van der Waals surface area contributed by atoms with Gasteiger partial charge in [0.05, 0.1) is 26.1 Å². The third-order valence-corrected chi connectivity index (χ3v) is 2.96. The number of imidazole rings is 1. The molecule has 3 rings (SSSR count). The maximum absolute atomic E-state index is 5.45. The quantitative estimate of drug-likeness (QED) is 0.721. The lowest BCUT2D eigenvalue weighted by atomic mass is 10.1. The number of methoxy groups -OCH3 is 2. The van der Waals surface area contributed by atoms with E-state index in [9.17, 15) is 0 Å². The maximum atomic E-state index is 5.45. The van der Waals surface area contributed by atoms with E-state index in [-0.39, 0.29) is 0 Å². The van der Waals surface area contributed by atoms with Crippen LogP contribution >= 0.6 is 0 Å². The molecule has 0 spiro atoms. The van der Waals surface area contributed by atoms with Crippen LogP contribution in [-0.2, 0) is 0 Å². The van der Waals surface area contributed by atoms with Crippen molar-refractivity contribution in [2.24, 2.45) is 0 Å². The van der Waals surface area contributed by atoms with Gasteiger partial charge in [0.2, 0.25) is 0 Å². The van der Waals surface area contributed by atoms with Crippen LogP contribution in [0.1, 0.15) is 0 Å². The molecule has 19 heavy (non-hydrogen) atoms. The van der Waals surface area contributed by atoms with Gasteiger partial charge < -0.3 is 9.47 Å². The standard InChI is InChI=1S/C14H13N3O2/c1-18-12-6-3-5-10(14(12)19-2)11-9-15-13-7-4-8-16-17(11)13/h3-9H,1-2H3. The van der Waals surface area contributed by atoms with E-state index in [1.165, 1.54) is 0 Å². The predicted octanol–water partition coefficient (Wildman–Crippen LogP) is 2.41. The van der Waals surface area contributed by atoms with Crippen molar-refractivity contribution in [1.82, 2.24) is 14.6 Å². The third-order valence-electron chi connectivity index (χ3n) is 2.96. The van der Waals surface area contributed by atoms with E-state index in [1.807, 2.05) is 30.3 Å². The number of para-hydroxylation sites is 1. The molecule has 0 atom stereocenters. The van der Waals surface area contributed by atoms with Crippen LogP contribution in [0.5, 0.6) is 11.5 Å². The van der Waals surface area contributed by atoms with E-state index in [0.717, 1.165) is 16.9 Å². The molecule has 0 aliphatic rings. The summed E-state index contributed by atoms with van der Waals surface area (Å²) in [5.74, 6) is 1.36. The monoisotopic (exact) mass is 255 g/mol. The van der Waals surface area contributed by atoms with Gasteiger partial charge in [-0.05, 0) is 24.3 Å². The molecule has 5 heteroatoms. The second-order valence-corrected chi connectivity index (χ2v) is 3.98. The SMILES string of the molecule is COc1cccc(-c2cnc3cccnn23)c1OC. The van der Waals surface area contributed by atoms with Gasteiger partial charge in [-0.15, -0.1) is 0 Å². The van der Waals surface area contributed by atoms with Crippen LogP contribution in [0.25, 0.3) is 16.9 Å². The largest absolute Gasteiger partial charge is 0.493 e. The number of rotatable bonds is 3. The zero-order valence-corrected chi connectivity index (χ0v) is 10.7. The molecule has 0 unspecified atom stereocenters. The highest BCUT2D eigenvalue weighted by Gasteiger charge is 2.15. The van der Waals surface area contributed by atoms with E-state index in [0.29, 0.717) is 11.5 Å². The molecule has 0 aliphatic carbocycles. The smallest absolute Gasteiger partial charge is 0.170 e. The number of ether oxygens (including phenoxy) is 2. The number of hydrogen-bond donors (Lipinski definition) is 0. The first-order valence-corrected chi connectivity index (χ1v) is 5.85. The Labute approximate surface area is 110 Å². The highest BCUT2D eigenvalue weighted by Crippen LogP contribution is 2.37. The van der Waals surface area contributed by atoms with E-state index in [4.69, 9.17) is 9.47 Å². The molecule has 0 radical (unpaired) electrons. The molecule has 0 fully saturated rings. The minimum atomic E-state index is 0.678. The van der Waals surface area contributed by atoms with Crippen molar-refractivity contribution in [2.45, 2.75) is 0 Å². The Morgan fingerprint density at radius 3 is 2.74 bits per heavy atom. The number of fused-ring (bicyclic) bond motifs is 1. The van der Waals surface area contributed by atoms with Gasteiger partial charge in [0.1, 0.15) is 0 Å². The van der Waals surface area contributed by atoms with Gasteiger partial charge in [-0.1, -0.05) is 6.07 Å².